The molecule has 3 fully saturated rings. The van der Waals surface area contributed by atoms with E-state index in [0.717, 1.165) is 51.4 Å². The van der Waals surface area contributed by atoms with Crippen LogP contribution in [0.5, 0.6) is 0 Å². The summed E-state index contributed by atoms with van der Waals surface area (Å²) in [4.78, 5) is 61.4. The van der Waals surface area contributed by atoms with Crippen LogP contribution in [0.3, 0.4) is 0 Å². The minimum absolute atomic E-state index is 0.0351. The van der Waals surface area contributed by atoms with Crippen molar-refractivity contribution in [2.75, 3.05) is 13.1 Å². The van der Waals surface area contributed by atoms with E-state index in [4.69, 9.17) is 0 Å². The van der Waals surface area contributed by atoms with Gasteiger partial charge in [0.25, 0.3) is 0 Å². The third-order valence-corrected chi connectivity index (χ3v) is 9.50. The Morgan fingerprint density at radius 2 is 1.62 bits per heavy atom. The number of β-lactam (4-membered cyclic amide) rings is 1. The van der Waals surface area contributed by atoms with Crippen LogP contribution < -0.4 is 21.3 Å². The molecular formula is C30H47N5O7. The first-order valence-corrected chi connectivity index (χ1v) is 15.7. The fraction of sp³-hybridized carbons (Fsp3) is 0.767. The van der Waals surface area contributed by atoms with Crippen LogP contribution in [0.4, 0.5) is 4.79 Å². The van der Waals surface area contributed by atoms with E-state index in [1.54, 1.807) is 6.92 Å². The average molecular weight is 590 g/mol. The van der Waals surface area contributed by atoms with E-state index in [1.165, 1.54) is 4.90 Å². The van der Waals surface area contributed by atoms with Gasteiger partial charge in [0, 0.05) is 31.8 Å². The van der Waals surface area contributed by atoms with Gasteiger partial charge in [-0.3, -0.25) is 14.4 Å². The van der Waals surface area contributed by atoms with Gasteiger partial charge in [-0.1, -0.05) is 19.8 Å². The third kappa shape index (κ3) is 7.25. The van der Waals surface area contributed by atoms with Gasteiger partial charge in [-0.05, 0) is 69.8 Å². The minimum Gasteiger partial charge on any atom is -0.477 e. The zero-order valence-electron chi connectivity index (χ0n) is 24.8. The fourth-order valence-electron chi connectivity index (χ4n) is 7.32. The predicted molar refractivity (Wildman–Crippen MR) is 154 cm³/mol. The minimum atomic E-state index is -1.13. The molecule has 7 unspecified atom stereocenters. The summed E-state index contributed by atoms with van der Waals surface area (Å²) in [6.07, 6.45) is 8.47. The Labute approximate surface area is 247 Å². The van der Waals surface area contributed by atoms with E-state index in [-0.39, 0.29) is 53.5 Å². The highest BCUT2D eigenvalue weighted by molar-refractivity contribution is 6.00. The quantitative estimate of drug-likeness (QED) is 0.111. The summed E-state index contributed by atoms with van der Waals surface area (Å²) in [5, 5.41) is 31.5. The van der Waals surface area contributed by atoms with Crippen molar-refractivity contribution in [1.82, 2.24) is 26.2 Å². The van der Waals surface area contributed by atoms with Gasteiger partial charge in [0.2, 0.25) is 17.7 Å². The van der Waals surface area contributed by atoms with Gasteiger partial charge < -0.3 is 36.4 Å². The number of unbranched alkanes of at least 4 members (excludes halogenated alkanes) is 3. The van der Waals surface area contributed by atoms with Gasteiger partial charge in [-0.2, -0.15) is 0 Å². The van der Waals surface area contributed by atoms with Gasteiger partial charge in [-0.25, -0.2) is 9.59 Å². The Balaban J connectivity index is 1.00. The molecule has 4 rings (SSSR count). The van der Waals surface area contributed by atoms with E-state index in [2.05, 4.69) is 21.3 Å². The van der Waals surface area contributed by atoms with Gasteiger partial charge in [0.1, 0.15) is 5.70 Å². The number of rotatable bonds is 17. The lowest BCUT2D eigenvalue weighted by Crippen LogP contribution is -2.63. The Bertz CT molecular complexity index is 1080. The van der Waals surface area contributed by atoms with E-state index in [0.29, 0.717) is 50.3 Å². The van der Waals surface area contributed by atoms with Crippen molar-refractivity contribution < 1.29 is 34.2 Å². The molecule has 4 aliphatic rings. The summed E-state index contributed by atoms with van der Waals surface area (Å²) in [7, 11) is 0. The van der Waals surface area contributed by atoms with Gasteiger partial charge in [-0.15, -0.1) is 0 Å². The van der Waals surface area contributed by atoms with E-state index in [9.17, 15) is 34.2 Å². The van der Waals surface area contributed by atoms with Crippen LogP contribution in [0.2, 0.25) is 0 Å². The van der Waals surface area contributed by atoms with Gasteiger partial charge in [0.05, 0.1) is 30.1 Å². The van der Waals surface area contributed by atoms with Crippen molar-refractivity contribution in [2.45, 2.75) is 115 Å². The summed E-state index contributed by atoms with van der Waals surface area (Å²) >= 11 is 0. The van der Waals surface area contributed by atoms with Crippen LogP contribution >= 0.6 is 0 Å². The summed E-state index contributed by atoms with van der Waals surface area (Å²) in [5.41, 5.74) is 0.733. The molecule has 1 aliphatic carbocycles. The smallest absolute Gasteiger partial charge is 0.352 e. The van der Waals surface area contributed by atoms with Gasteiger partial charge >= 0.3 is 12.0 Å². The zero-order chi connectivity index (χ0) is 30.4. The van der Waals surface area contributed by atoms with Crippen molar-refractivity contribution in [3.8, 4) is 0 Å². The number of aliphatic hydroxyl groups is 1. The van der Waals surface area contributed by atoms with Crippen LogP contribution in [0.15, 0.2) is 11.3 Å². The first-order chi connectivity index (χ1) is 20.1. The number of nitrogens with zero attached hydrogens (tertiary/aromatic N) is 1. The summed E-state index contributed by atoms with van der Waals surface area (Å²) < 4.78 is 0. The van der Waals surface area contributed by atoms with Crippen LogP contribution in [-0.4, -0.2) is 82.2 Å². The highest BCUT2D eigenvalue weighted by Crippen LogP contribution is 2.48. The van der Waals surface area contributed by atoms with Crippen molar-refractivity contribution in [3.05, 3.63) is 11.3 Å². The maximum absolute atomic E-state index is 12.4. The van der Waals surface area contributed by atoms with E-state index in [1.807, 2.05) is 6.92 Å². The molecule has 1 saturated carbocycles. The first-order valence-electron chi connectivity index (χ1n) is 15.7. The molecule has 0 aromatic rings. The normalized spacial score (nSPS) is 28.5. The number of hydrogen-bond donors (Lipinski definition) is 6. The van der Waals surface area contributed by atoms with E-state index >= 15 is 0 Å². The lowest BCUT2D eigenvalue weighted by molar-refractivity contribution is -0.163. The molecule has 12 heteroatoms. The number of nitrogens with one attached hydrogen (secondary N) is 4. The molecule has 6 N–H and O–H groups in total. The molecular weight excluding hydrogens is 542 g/mol. The molecule has 42 heavy (non-hydrogen) atoms. The molecule has 0 bridgehead atoms. The van der Waals surface area contributed by atoms with E-state index < -0.39 is 18.0 Å². The number of urea groups is 1. The standard InChI is InChI=1S/C30H47N5O7/c1-17-20(27(29(40)41)35-26(17)24(18(2)36)28(35)39)10-8-16-32-22(37)11-4-3-7-15-31-23(38)12-6-5-9-19-13-14-21-25(19)34-30(42)33-21/h17-19,21,24-26,36H,3-16H2,1-2H3,(H,31,38)(H,32,37)(H,40,41)(H2,33,34,42). The molecule has 2 saturated heterocycles. The number of carboxylic acid groups (broad SMARTS) is 1. The van der Waals surface area contributed by atoms with Crippen LogP contribution in [-0.2, 0) is 19.2 Å². The largest absolute Gasteiger partial charge is 0.477 e. The number of carbonyl (C=O) groups is 5. The van der Waals surface area contributed by atoms with Crippen LogP contribution in [0.1, 0.15) is 90.9 Å². The molecule has 0 radical (unpaired) electrons. The molecule has 7 atom stereocenters. The summed E-state index contributed by atoms with van der Waals surface area (Å²) in [6, 6.07) is 0.131. The number of hydrogen-bond acceptors (Lipinski definition) is 6. The second kappa shape index (κ2) is 14.3. The number of amides is 5. The SMILES string of the molecule is CC(O)C1C(=O)N2C(C(=O)O)=C(CCCNC(=O)CCCCCNC(=O)CCCCC3CCC4NC(=O)NC34)C(C)C12. The second-order valence-corrected chi connectivity index (χ2v) is 12.4. The van der Waals surface area contributed by atoms with Crippen molar-refractivity contribution >= 4 is 29.7 Å². The Hall–Kier alpha value is -3.15. The second-order valence-electron chi connectivity index (χ2n) is 12.4. The molecule has 234 valence electrons. The zero-order valence-corrected chi connectivity index (χ0v) is 24.8. The fourth-order valence-corrected chi connectivity index (χ4v) is 7.32. The number of aliphatic hydroxyl groups excluding tert-OH is 1. The van der Waals surface area contributed by atoms with Crippen LogP contribution in [0.25, 0.3) is 0 Å². The Morgan fingerprint density at radius 1 is 0.952 bits per heavy atom. The molecule has 0 aromatic carbocycles. The highest BCUT2D eigenvalue weighted by Gasteiger charge is 2.59. The lowest BCUT2D eigenvalue weighted by atomic mass is 9.77. The first kappa shape index (κ1) is 31.8. The predicted octanol–water partition coefficient (Wildman–Crippen LogP) is 1.78. The monoisotopic (exact) mass is 589 g/mol. The molecule has 5 amide bonds. The molecule has 0 spiro atoms. The summed E-state index contributed by atoms with van der Waals surface area (Å²) in [6.45, 7) is 4.47. The average Bonchev–Trinajstić information content (AvgIpc) is 3.55. The van der Waals surface area contributed by atoms with Crippen molar-refractivity contribution in [2.24, 2.45) is 17.8 Å². The number of fused-ring (bicyclic) bond motifs is 2. The third-order valence-electron chi connectivity index (χ3n) is 9.50. The maximum Gasteiger partial charge on any atom is 0.352 e. The van der Waals surface area contributed by atoms with Crippen molar-refractivity contribution in [3.63, 3.8) is 0 Å². The van der Waals surface area contributed by atoms with Crippen molar-refractivity contribution in [1.29, 1.82) is 0 Å². The molecule has 12 nitrogen and oxygen atoms in total. The maximum atomic E-state index is 12.4. The molecule has 0 aromatic heterocycles. The number of aliphatic carboxylic acids is 1. The highest BCUT2D eigenvalue weighted by atomic mass is 16.4. The molecule has 3 aliphatic heterocycles. The van der Waals surface area contributed by atoms with Crippen LogP contribution in [0, 0.1) is 17.8 Å². The summed E-state index contributed by atoms with van der Waals surface area (Å²) in [5.74, 6) is -1.69. The number of carbonyl (C=O) groups excluding carboxylic acids is 4. The Kier molecular flexibility index (Phi) is 10.9. The topological polar surface area (TPSA) is 177 Å². The van der Waals surface area contributed by atoms with Gasteiger partial charge in [0.15, 0.2) is 0 Å². The lowest BCUT2D eigenvalue weighted by Gasteiger charge is -2.46. The molecule has 3 heterocycles. The number of carboxylic acids is 1. The Morgan fingerprint density at radius 3 is 2.29 bits per heavy atom.